The van der Waals surface area contributed by atoms with E-state index in [9.17, 15) is 15.0 Å². The predicted molar refractivity (Wildman–Crippen MR) is 103 cm³/mol. The van der Waals surface area contributed by atoms with Crippen LogP contribution in [0.2, 0.25) is 0 Å². The summed E-state index contributed by atoms with van der Waals surface area (Å²) in [5.41, 5.74) is 7.92. The molecule has 0 heterocycles. The SMILES string of the molecule is COc1ccc(CC(N)C(O)CC(Cc2cccc(OC)c2)C(=O)O)cc1. The highest BCUT2D eigenvalue weighted by atomic mass is 16.5. The van der Waals surface area contributed by atoms with E-state index in [2.05, 4.69) is 0 Å². The Morgan fingerprint density at radius 2 is 1.67 bits per heavy atom. The van der Waals surface area contributed by atoms with E-state index < -0.39 is 24.0 Å². The van der Waals surface area contributed by atoms with E-state index in [0.717, 1.165) is 16.9 Å². The third-order valence-corrected chi connectivity index (χ3v) is 4.62. The average molecular weight is 373 g/mol. The van der Waals surface area contributed by atoms with Crippen LogP contribution in [0.5, 0.6) is 11.5 Å². The lowest BCUT2D eigenvalue weighted by atomic mass is 9.89. The Morgan fingerprint density at radius 1 is 1.00 bits per heavy atom. The molecule has 0 bridgehead atoms. The van der Waals surface area contributed by atoms with Crippen molar-refractivity contribution in [1.82, 2.24) is 0 Å². The van der Waals surface area contributed by atoms with Crippen LogP contribution in [0.1, 0.15) is 17.5 Å². The monoisotopic (exact) mass is 373 g/mol. The number of aliphatic hydroxyl groups is 1. The van der Waals surface area contributed by atoms with Crippen molar-refractivity contribution in [2.75, 3.05) is 14.2 Å². The van der Waals surface area contributed by atoms with Crippen molar-refractivity contribution in [3.8, 4) is 11.5 Å². The second-order valence-corrected chi connectivity index (χ2v) is 6.61. The van der Waals surface area contributed by atoms with Gasteiger partial charge in [-0.25, -0.2) is 0 Å². The van der Waals surface area contributed by atoms with E-state index in [1.165, 1.54) is 0 Å². The number of ether oxygens (including phenoxy) is 2. The summed E-state index contributed by atoms with van der Waals surface area (Å²) in [7, 11) is 3.16. The lowest BCUT2D eigenvalue weighted by Gasteiger charge is -2.22. The Bertz CT molecular complexity index is 732. The van der Waals surface area contributed by atoms with Crippen molar-refractivity contribution in [3.63, 3.8) is 0 Å². The number of rotatable bonds is 10. The second-order valence-electron chi connectivity index (χ2n) is 6.61. The summed E-state index contributed by atoms with van der Waals surface area (Å²) < 4.78 is 10.3. The van der Waals surface area contributed by atoms with Crippen LogP contribution >= 0.6 is 0 Å². The number of hydrogen-bond acceptors (Lipinski definition) is 5. The van der Waals surface area contributed by atoms with Crippen LogP contribution in [0, 0.1) is 5.92 Å². The molecule has 0 saturated carbocycles. The fourth-order valence-electron chi connectivity index (χ4n) is 2.99. The molecule has 0 aromatic heterocycles. The zero-order chi connectivity index (χ0) is 19.8. The molecule has 0 spiro atoms. The molecule has 0 aliphatic heterocycles. The molecule has 2 rings (SSSR count). The van der Waals surface area contributed by atoms with Gasteiger partial charge >= 0.3 is 5.97 Å². The number of hydrogen-bond donors (Lipinski definition) is 3. The maximum Gasteiger partial charge on any atom is 0.306 e. The third kappa shape index (κ3) is 6.27. The van der Waals surface area contributed by atoms with Crippen molar-refractivity contribution in [2.24, 2.45) is 11.7 Å². The number of benzene rings is 2. The van der Waals surface area contributed by atoms with Gasteiger partial charge in [0.05, 0.1) is 26.2 Å². The fraction of sp³-hybridized carbons (Fsp3) is 0.381. The first-order chi connectivity index (χ1) is 12.9. The summed E-state index contributed by atoms with van der Waals surface area (Å²) in [4.78, 5) is 11.6. The zero-order valence-electron chi connectivity index (χ0n) is 15.7. The largest absolute Gasteiger partial charge is 0.497 e. The summed E-state index contributed by atoms with van der Waals surface area (Å²) in [5.74, 6) is -0.256. The van der Waals surface area contributed by atoms with Crippen LogP contribution in [0.15, 0.2) is 48.5 Å². The van der Waals surface area contributed by atoms with Crippen molar-refractivity contribution in [2.45, 2.75) is 31.4 Å². The van der Waals surface area contributed by atoms with Gasteiger partial charge in [0.2, 0.25) is 0 Å². The first-order valence-electron chi connectivity index (χ1n) is 8.85. The van der Waals surface area contributed by atoms with Gasteiger partial charge in [0.15, 0.2) is 0 Å². The molecule has 2 aromatic carbocycles. The summed E-state index contributed by atoms with van der Waals surface area (Å²) in [6.07, 6.45) is -0.0712. The Labute approximate surface area is 159 Å². The van der Waals surface area contributed by atoms with Gasteiger partial charge in [0, 0.05) is 6.04 Å². The molecule has 3 unspecified atom stereocenters. The molecule has 3 atom stereocenters. The van der Waals surface area contributed by atoms with E-state index in [1.807, 2.05) is 36.4 Å². The van der Waals surface area contributed by atoms with Gasteiger partial charge in [-0.15, -0.1) is 0 Å². The third-order valence-electron chi connectivity index (χ3n) is 4.62. The Hall–Kier alpha value is -2.57. The summed E-state index contributed by atoms with van der Waals surface area (Å²) in [6.45, 7) is 0. The Morgan fingerprint density at radius 3 is 2.26 bits per heavy atom. The molecule has 0 radical (unpaired) electrons. The van der Waals surface area contributed by atoms with Crippen LogP contribution in [0.3, 0.4) is 0 Å². The van der Waals surface area contributed by atoms with Crippen LogP contribution in [0.25, 0.3) is 0 Å². The Kier molecular flexibility index (Phi) is 7.64. The highest BCUT2D eigenvalue weighted by molar-refractivity contribution is 5.70. The average Bonchev–Trinajstić information content (AvgIpc) is 2.68. The maximum atomic E-state index is 11.6. The molecular formula is C21H27NO5. The minimum absolute atomic E-state index is 0.0872. The minimum Gasteiger partial charge on any atom is -0.497 e. The Balaban J connectivity index is 1.98. The first kappa shape index (κ1) is 20.7. The number of aliphatic carboxylic acids is 1. The second kappa shape index (κ2) is 9.94. The quantitative estimate of drug-likeness (QED) is 0.590. The molecule has 27 heavy (non-hydrogen) atoms. The number of carboxylic acids is 1. The minimum atomic E-state index is -0.950. The topological polar surface area (TPSA) is 102 Å². The van der Waals surface area contributed by atoms with Gasteiger partial charge in [-0.05, 0) is 54.7 Å². The zero-order valence-corrected chi connectivity index (χ0v) is 15.7. The molecule has 0 aliphatic rings. The highest BCUT2D eigenvalue weighted by Gasteiger charge is 2.25. The molecule has 0 amide bonds. The van der Waals surface area contributed by atoms with E-state index in [-0.39, 0.29) is 6.42 Å². The normalized spacial score (nSPS) is 14.2. The number of carbonyl (C=O) groups is 1. The molecule has 2 aromatic rings. The molecule has 6 nitrogen and oxygen atoms in total. The highest BCUT2D eigenvalue weighted by Crippen LogP contribution is 2.21. The first-order valence-corrected chi connectivity index (χ1v) is 8.85. The van der Waals surface area contributed by atoms with Crippen LogP contribution in [0.4, 0.5) is 0 Å². The van der Waals surface area contributed by atoms with E-state index in [1.54, 1.807) is 26.4 Å². The standard InChI is InChI=1S/C21H27NO5/c1-26-17-8-6-14(7-9-17)12-19(22)20(23)13-16(21(24)25)10-15-4-3-5-18(11-15)27-2/h3-9,11,16,19-20,23H,10,12-13,22H2,1-2H3,(H,24,25). The summed E-state index contributed by atoms with van der Waals surface area (Å²) in [5, 5.41) is 20.0. The molecule has 4 N–H and O–H groups in total. The van der Waals surface area contributed by atoms with Crippen molar-refractivity contribution >= 4 is 5.97 Å². The van der Waals surface area contributed by atoms with Crippen LogP contribution in [-0.2, 0) is 17.6 Å². The van der Waals surface area contributed by atoms with Gasteiger partial charge in [0.25, 0.3) is 0 Å². The van der Waals surface area contributed by atoms with Crippen molar-refractivity contribution < 1.29 is 24.5 Å². The lowest BCUT2D eigenvalue weighted by Crippen LogP contribution is -2.39. The fourth-order valence-corrected chi connectivity index (χ4v) is 2.99. The van der Waals surface area contributed by atoms with Crippen LogP contribution < -0.4 is 15.2 Å². The van der Waals surface area contributed by atoms with Gasteiger partial charge in [-0.1, -0.05) is 24.3 Å². The molecule has 0 saturated heterocycles. The van der Waals surface area contributed by atoms with E-state index in [4.69, 9.17) is 15.2 Å². The smallest absolute Gasteiger partial charge is 0.306 e. The van der Waals surface area contributed by atoms with E-state index >= 15 is 0 Å². The van der Waals surface area contributed by atoms with Crippen molar-refractivity contribution in [3.05, 3.63) is 59.7 Å². The number of aliphatic hydroxyl groups excluding tert-OH is 1. The predicted octanol–water partition coefficient (Wildman–Crippen LogP) is 2.27. The van der Waals surface area contributed by atoms with Gasteiger partial charge in [0.1, 0.15) is 11.5 Å². The van der Waals surface area contributed by atoms with Crippen LogP contribution in [-0.4, -0.2) is 42.5 Å². The number of methoxy groups -OCH3 is 2. The summed E-state index contributed by atoms with van der Waals surface area (Å²) in [6, 6.07) is 14.2. The maximum absolute atomic E-state index is 11.6. The molecule has 6 heteroatoms. The van der Waals surface area contributed by atoms with E-state index in [0.29, 0.717) is 18.6 Å². The molecule has 0 fully saturated rings. The van der Waals surface area contributed by atoms with Crippen molar-refractivity contribution in [1.29, 1.82) is 0 Å². The van der Waals surface area contributed by atoms with Gasteiger partial charge < -0.3 is 25.4 Å². The van der Waals surface area contributed by atoms with Gasteiger partial charge in [-0.2, -0.15) is 0 Å². The number of carboxylic acid groups (broad SMARTS) is 1. The molecule has 146 valence electrons. The number of nitrogens with two attached hydrogens (primary N) is 1. The van der Waals surface area contributed by atoms with Gasteiger partial charge in [-0.3, -0.25) is 4.79 Å². The molecule has 0 aliphatic carbocycles. The lowest BCUT2D eigenvalue weighted by molar-refractivity contribution is -0.142. The molecular weight excluding hydrogens is 346 g/mol. The summed E-state index contributed by atoms with van der Waals surface area (Å²) >= 11 is 0.